The second kappa shape index (κ2) is 10.4. The van der Waals surface area contributed by atoms with E-state index >= 15 is 0 Å². The van der Waals surface area contributed by atoms with Crippen LogP contribution in [0, 0.1) is 0 Å². The number of quaternary nitrogens is 1. The van der Waals surface area contributed by atoms with Gasteiger partial charge in [-0.3, -0.25) is 19.3 Å². The fourth-order valence-corrected chi connectivity index (χ4v) is 4.06. The first-order valence-corrected chi connectivity index (χ1v) is 10.9. The number of benzene rings is 1. The highest BCUT2D eigenvalue weighted by molar-refractivity contribution is 6.01. The van der Waals surface area contributed by atoms with E-state index in [9.17, 15) is 19.2 Å². The Bertz CT molecular complexity index is 835. The monoisotopic (exact) mass is 430 g/mol. The molecule has 1 aromatic rings. The number of nitrogens with one attached hydrogen (secondary N) is 2. The molecule has 0 radical (unpaired) electrons. The summed E-state index contributed by atoms with van der Waals surface area (Å²) in [6, 6.07) is 7.52. The number of urea groups is 1. The molecule has 2 saturated heterocycles. The summed E-state index contributed by atoms with van der Waals surface area (Å²) in [5.41, 5.74) is 1.98. The first kappa shape index (κ1) is 22.7. The summed E-state index contributed by atoms with van der Waals surface area (Å²) in [6.07, 6.45) is 1.64. The zero-order valence-corrected chi connectivity index (χ0v) is 18.4. The minimum Gasteiger partial charge on any atom is -0.331 e. The fraction of sp³-hybridized carbons (Fsp3) is 0.545. The summed E-state index contributed by atoms with van der Waals surface area (Å²) in [5.74, 6) is -0.189. The van der Waals surface area contributed by atoms with E-state index in [1.807, 2.05) is 29.2 Å². The quantitative estimate of drug-likeness (QED) is 0.548. The van der Waals surface area contributed by atoms with Crippen LogP contribution in [0.4, 0.5) is 10.5 Å². The third-order valence-electron chi connectivity index (χ3n) is 5.91. The Morgan fingerprint density at radius 1 is 1.13 bits per heavy atom. The van der Waals surface area contributed by atoms with E-state index in [1.165, 1.54) is 9.80 Å². The van der Waals surface area contributed by atoms with Crippen molar-refractivity contribution in [1.82, 2.24) is 14.7 Å². The molecule has 168 valence electrons. The molecule has 0 aliphatic carbocycles. The van der Waals surface area contributed by atoms with Gasteiger partial charge in [0.15, 0.2) is 6.54 Å². The number of para-hydroxylation sites is 1. The molecule has 2 aliphatic rings. The van der Waals surface area contributed by atoms with Gasteiger partial charge in [-0.1, -0.05) is 25.1 Å². The molecule has 0 aromatic heterocycles. The van der Waals surface area contributed by atoms with Gasteiger partial charge in [-0.2, -0.15) is 0 Å². The molecule has 0 atom stereocenters. The molecular formula is C22H32N5O4+. The molecule has 0 saturated carbocycles. The summed E-state index contributed by atoms with van der Waals surface area (Å²) in [7, 11) is 1.59. The lowest BCUT2D eigenvalue weighted by Crippen LogP contribution is -3.15. The molecule has 0 unspecified atom stereocenters. The number of rotatable bonds is 8. The Labute approximate surface area is 182 Å². The largest absolute Gasteiger partial charge is 0.331 e. The molecule has 5 amide bonds. The lowest BCUT2D eigenvalue weighted by molar-refractivity contribution is -0.895. The molecular weight excluding hydrogens is 398 g/mol. The third kappa shape index (κ3) is 5.81. The van der Waals surface area contributed by atoms with Gasteiger partial charge in [-0.05, 0) is 24.5 Å². The van der Waals surface area contributed by atoms with Crippen molar-refractivity contribution in [3.05, 3.63) is 29.8 Å². The first-order valence-electron chi connectivity index (χ1n) is 10.9. The number of carbonyl (C=O) groups is 4. The Morgan fingerprint density at radius 2 is 1.84 bits per heavy atom. The van der Waals surface area contributed by atoms with Crippen molar-refractivity contribution in [1.29, 1.82) is 0 Å². The average Bonchev–Trinajstić information content (AvgIpc) is 3.00. The molecule has 2 heterocycles. The van der Waals surface area contributed by atoms with E-state index < -0.39 is 0 Å². The molecule has 1 aromatic carbocycles. The Hall–Kier alpha value is -2.94. The number of aryl methyl sites for hydroxylation is 1. The van der Waals surface area contributed by atoms with Crippen molar-refractivity contribution < 1.29 is 24.1 Å². The Kier molecular flexibility index (Phi) is 7.62. The maximum absolute atomic E-state index is 12.5. The summed E-state index contributed by atoms with van der Waals surface area (Å²) in [4.78, 5) is 54.1. The molecule has 31 heavy (non-hydrogen) atoms. The molecule has 0 spiro atoms. The molecule has 2 N–H and O–H groups in total. The third-order valence-corrected chi connectivity index (χ3v) is 5.91. The second-order valence-electron chi connectivity index (χ2n) is 8.15. The molecule has 2 aliphatic heterocycles. The predicted octanol–water partition coefficient (Wildman–Crippen LogP) is -0.411. The molecule has 2 fully saturated rings. The summed E-state index contributed by atoms with van der Waals surface area (Å²) >= 11 is 0. The van der Waals surface area contributed by atoms with Gasteiger partial charge in [0.1, 0.15) is 6.54 Å². The maximum atomic E-state index is 12.5. The van der Waals surface area contributed by atoms with Gasteiger partial charge < -0.3 is 20.0 Å². The summed E-state index contributed by atoms with van der Waals surface area (Å²) in [6.45, 7) is 5.49. The van der Waals surface area contributed by atoms with Crippen LogP contribution in [0.5, 0.6) is 0 Å². The number of nitrogens with zero attached hydrogens (tertiary/aromatic N) is 3. The van der Waals surface area contributed by atoms with E-state index in [4.69, 9.17) is 0 Å². The van der Waals surface area contributed by atoms with Crippen LogP contribution in [0.1, 0.15) is 25.3 Å². The van der Waals surface area contributed by atoms with Crippen molar-refractivity contribution in [2.24, 2.45) is 0 Å². The number of imide groups is 1. The fourth-order valence-electron chi connectivity index (χ4n) is 4.06. The van der Waals surface area contributed by atoms with E-state index in [0.717, 1.165) is 35.7 Å². The lowest BCUT2D eigenvalue weighted by Gasteiger charge is -2.32. The number of piperazine rings is 1. The number of hydrogen-bond acceptors (Lipinski definition) is 4. The minimum atomic E-state index is -0.297. The number of hydrogen-bond donors (Lipinski definition) is 2. The van der Waals surface area contributed by atoms with Crippen LogP contribution in [0.25, 0.3) is 0 Å². The van der Waals surface area contributed by atoms with Crippen molar-refractivity contribution >= 4 is 29.4 Å². The van der Waals surface area contributed by atoms with Gasteiger partial charge in [0.25, 0.3) is 5.91 Å². The van der Waals surface area contributed by atoms with Crippen LogP contribution < -0.4 is 10.2 Å². The van der Waals surface area contributed by atoms with Gasteiger partial charge in [0.05, 0.1) is 26.2 Å². The molecule has 0 bridgehead atoms. The molecule has 9 nitrogen and oxygen atoms in total. The SMILES string of the molecule is CCc1ccccc1NC(=O)C[NH+]1CCN(C(=O)CCCN2C(=O)CN(C)C2=O)CC1. The normalized spacial score (nSPS) is 17.4. The van der Waals surface area contributed by atoms with Crippen LogP contribution in [-0.2, 0) is 20.8 Å². The predicted molar refractivity (Wildman–Crippen MR) is 116 cm³/mol. The second-order valence-corrected chi connectivity index (χ2v) is 8.15. The van der Waals surface area contributed by atoms with Crippen molar-refractivity contribution in [3.63, 3.8) is 0 Å². The molecule has 9 heteroatoms. The van der Waals surface area contributed by atoms with Crippen molar-refractivity contribution in [2.45, 2.75) is 26.2 Å². The summed E-state index contributed by atoms with van der Waals surface area (Å²) < 4.78 is 0. The Morgan fingerprint density at radius 3 is 2.48 bits per heavy atom. The van der Waals surface area contributed by atoms with Crippen molar-refractivity contribution in [2.75, 3.05) is 58.2 Å². The lowest BCUT2D eigenvalue weighted by atomic mass is 10.1. The van der Waals surface area contributed by atoms with Crippen LogP contribution in [-0.4, -0.2) is 91.3 Å². The highest BCUT2D eigenvalue weighted by Gasteiger charge is 2.33. The van der Waals surface area contributed by atoms with Gasteiger partial charge in [-0.15, -0.1) is 0 Å². The minimum absolute atomic E-state index is 0.0133. The topological polar surface area (TPSA) is 94.5 Å². The van der Waals surface area contributed by atoms with Gasteiger partial charge in [-0.25, -0.2) is 4.79 Å². The van der Waals surface area contributed by atoms with E-state index in [0.29, 0.717) is 32.5 Å². The van der Waals surface area contributed by atoms with Gasteiger partial charge in [0, 0.05) is 25.7 Å². The van der Waals surface area contributed by atoms with Gasteiger partial charge >= 0.3 is 6.03 Å². The van der Waals surface area contributed by atoms with E-state index in [-0.39, 0.29) is 36.8 Å². The molecule has 3 rings (SSSR count). The van der Waals surface area contributed by atoms with Crippen LogP contribution in [0.15, 0.2) is 24.3 Å². The van der Waals surface area contributed by atoms with Crippen LogP contribution in [0.2, 0.25) is 0 Å². The smallest absolute Gasteiger partial charge is 0.326 e. The summed E-state index contributed by atoms with van der Waals surface area (Å²) in [5, 5.41) is 3.00. The van der Waals surface area contributed by atoms with Gasteiger partial charge in [0.2, 0.25) is 11.8 Å². The van der Waals surface area contributed by atoms with Crippen LogP contribution >= 0.6 is 0 Å². The number of amides is 5. The Balaban J connectivity index is 1.37. The number of anilines is 1. The number of likely N-dealkylation sites (N-methyl/N-ethyl adjacent to an activating group) is 1. The maximum Gasteiger partial charge on any atom is 0.326 e. The zero-order chi connectivity index (χ0) is 22.4. The van der Waals surface area contributed by atoms with E-state index in [2.05, 4.69) is 12.2 Å². The highest BCUT2D eigenvalue weighted by Crippen LogP contribution is 2.15. The van der Waals surface area contributed by atoms with E-state index in [1.54, 1.807) is 7.05 Å². The van der Waals surface area contributed by atoms with Crippen LogP contribution in [0.3, 0.4) is 0 Å². The highest BCUT2D eigenvalue weighted by atomic mass is 16.2. The zero-order valence-electron chi connectivity index (χ0n) is 18.4. The standard InChI is InChI=1S/C22H31N5O4/c1-3-17-7-4-5-8-18(17)23-19(28)15-25-11-13-26(14-12-25)20(29)9-6-10-27-21(30)16-24(2)22(27)31/h4-5,7-8H,3,6,9-16H2,1-2H3,(H,23,28)/p+1. The average molecular weight is 431 g/mol. The first-order chi connectivity index (χ1) is 14.9. The van der Waals surface area contributed by atoms with Crippen molar-refractivity contribution in [3.8, 4) is 0 Å². The number of carbonyl (C=O) groups excluding carboxylic acids is 4.